The first-order valence-corrected chi connectivity index (χ1v) is 9.39. The molecular weight excluding hydrogens is 364 g/mol. The number of benzene rings is 3. The number of hydrogen-bond donors (Lipinski definition) is 2. The molecule has 4 nitrogen and oxygen atoms in total. The van der Waals surface area contributed by atoms with E-state index in [4.69, 9.17) is 4.74 Å². The Labute approximate surface area is 170 Å². The Morgan fingerprint density at radius 1 is 0.966 bits per heavy atom. The summed E-state index contributed by atoms with van der Waals surface area (Å²) in [5.41, 5.74) is 2.44. The zero-order valence-corrected chi connectivity index (χ0v) is 16.5. The van der Waals surface area contributed by atoms with Gasteiger partial charge >= 0.3 is 5.97 Å². The van der Waals surface area contributed by atoms with E-state index in [9.17, 15) is 15.0 Å². The molecule has 0 aliphatic rings. The molecule has 0 aliphatic heterocycles. The van der Waals surface area contributed by atoms with Crippen LogP contribution in [0, 0.1) is 0 Å². The molecule has 29 heavy (non-hydrogen) atoms. The maximum atomic E-state index is 11.3. The van der Waals surface area contributed by atoms with Crippen LogP contribution in [0.3, 0.4) is 0 Å². The summed E-state index contributed by atoms with van der Waals surface area (Å²) in [4.78, 5) is 11.3. The molecule has 3 rings (SSSR count). The zero-order valence-electron chi connectivity index (χ0n) is 16.5. The van der Waals surface area contributed by atoms with Crippen molar-refractivity contribution in [3.05, 3.63) is 101 Å². The molecule has 0 fully saturated rings. The van der Waals surface area contributed by atoms with Gasteiger partial charge in [-0.25, -0.2) is 4.79 Å². The van der Waals surface area contributed by atoms with Crippen molar-refractivity contribution in [3.8, 4) is 11.5 Å². The second-order valence-corrected chi connectivity index (χ2v) is 7.31. The molecule has 148 valence electrons. The highest BCUT2D eigenvalue weighted by Gasteiger charge is 2.25. The Kier molecular flexibility index (Phi) is 6.03. The van der Waals surface area contributed by atoms with E-state index in [1.807, 2.05) is 80.6 Å². The summed E-state index contributed by atoms with van der Waals surface area (Å²) in [6.45, 7) is 4.50. The van der Waals surface area contributed by atoms with Crippen LogP contribution in [0.5, 0.6) is 11.5 Å². The van der Waals surface area contributed by atoms with Crippen molar-refractivity contribution in [2.24, 2.45) is 0 Å². The van der Waals surface area contributed by atoms with Crippen molar-refractivity contribution in [3.63, 3.8) is 0 Å². The van der Waals surface area contributed by atoms with Gasteiger partial charge in [0.2, 0.25) is 0 Å². The van der Waals surface area contributed by atoms with Gasteiger partial charge in [-0.3, -0.25) is 0 Å². The van der Waals surface area contributed by atoms with Crippen LogP contribution in [-0.2, 0) is 5.41 Å². The Balaban J connectivity index is 1.69. The van der Waals surface area contributed by atoms with Crippen LogP contribution in [0.4, 0.5) is 0 Å². The monoisotopic (exact) mass is 388 g/mol. The highest BCUT2D eigenvalue weighted by molar-refractivity contribution is 5.91. The van der Waals surface area contributed by atoms with Crippen molar-refractivity contribution in [2.45, 2.75) is 19.3 Å². The minimum atomic E-state index is -1.15. The van der Waals surface area contributed by atoms with Gasteiger partial charge in [0.05, 0.1) is 0 Å². The number of phenols is 1. The summed E-state index contributed by atoms with van der Waals surface area (Å²) in [5, 5.41) is 19.0. The molecule has 0 spiro atoms. The second-order valence-electron chi connectivity index (χ2n) is 7.31. The minimum absolute atomic E-state index is 0.0965. The molecule has 0 heterocycles. The molecule has 0 aromatic heterocycles. The van der Waals surface area contributed by atoms with Crippen LogP contribution in [0.2, 0.25) is 0 Å². The van der Waals surface area contributed by atoms with Gasteiger partial charge in [-0.2, -0.15) is 0 Å². The van der Waals surface area contributed by atoms with Crippen LogP contribution in [0.25, 0.3) is 6.08 Å². The average Bonchev–Trinajstić information content (AvgIpc) is 2.72. The third kappa shape index (κ3) is 4.85. The van der Waals surface area contributed by atoms with Crippen molar-refractivity contribution < 1.29 is 19.7 Å². The number of carboxylic acids is 1. The smallest absolute Gasteiger partial charge is 0.339 e. The third-order valence-electron chi connectivity index (χ3n) is 4.98. The van der Waals surface area contributed by atoms with Gasteiger partial charge in [0.15, 0.2) is 0 Å². The topological polar surface area (TPSA) is 66.8 Å². The van der Waals surface area contributed by atoms with Gasteiger partial charge in [0.1, 0.15) is 23.7 Å². The maximum absolute atomic E-state index is 11.3. The van der Waals surface area contributed by atoms with E-state index in [1.54, 1.807) is 6.07 Å². The molecule has 3 aromatic carbocycles. The quantitative estimate of drug-likeness (QED) is 0.560. The van der Waals surface area contributed by atoms with Gasteiger partial charge in [-0.05, 0) is 47.0 Å². The molecule has 4 heteroatoms. The Hall–Kier alpha value is -3.53. The molecule has 0 unspecified atom stereocenters. The first kappa shape index (κ1) is 20.2. The molecule has 0 saturated carbocycles. The summed E-state index contributed by atoms with van der Waals surface area (Å²) in [7, 11) is 0. The molecule has 2 N–H and O–H groups in total. The van der Waals surface area contributed by atoms with Crippen molar-refractivity contribution in [1.29, 1.82) is 0 Å². The minimum Gasteiger partial charge on any atom is -0.507 e. The first-order chi connectivity index (χ1) is 13.9. The van der Waals surface area contributed by atoms with E-state index >= 15 is 0 Å². The Bertz CT molecular complexity index is 1000. The number of aromatic hydroxyl groups is 1. The van der Waals surface area contributed by atoms with Crippen molar-refractivity contribution in [1.82, 2.24) is 0 Å². The molecule has 0 atom stereocenters. The highest BCUT2D eigenvalue weighted by atomic mass is 16.5. The predicted octanol–water partition coefficient (Wildman–Crippen LogP) is 5.51. The van der Waals surface area contributed by atoms with E-state index in [1.165, 1.54) is 12.1 Å². The lowest BCUT2D eigenvalue weighted by Gasteiger charge is -2.26. The summed E-state index contributed by atoms with van der Waals surface area (Å²) in [6, 6.07) is 22.5. The largest absolute Gasteiger partial charge is 0.507 e. The number of ether oxygens (including phenoxy) is 1. The fourth-order valence-electron chi connectivity index (χ4n) is 3.12. The molecule has 0 bridgehead atoms. The normalized spacial score (nSPS) is 11.5. The molecule has 0 aliphatic carbocycles. The van der Waals surface area contributed by atoms with Crippen LogP contribution >= 0.6 is 0 Å². The summed E-state index contributed by atoms with van der Waals surface area (Å²) in [6.07, 6.45) is 3.99. The SMILES string of the molecule is CC(C)(c1ccc(OC/C=C/c2ccccc2)cc1)c1ccc(O)c(C(=O)O)c1. The number of hydrogen-bond acceptors (Lipinski definition) is 3. The number of aromatic carboxylic acids is 1. The van der Waals surface area contributed by atoms with E-state index in [0.717, 1.165) is 22.4 Å². The first-order valence-electron chi connectivity index (χ1n) is 9.39. The summed E-state index contributed by atoms with van der Waals surface area (Å²) < 4.78 is 5.77. The predicted molar refractivity (Wildman–Crippen MR) is 115 cm³/mol. The lowest BCUT2D eigenvalue weighted by atomic mass is 9.77. The van der Waals surface area contributed by atoms with Gasteiger partial charge in [-0.1, -0.05) is 68.5 Å². The number of rotatable bonds is 7. The van der Waals surface area contributed by atoms with E-state index in [0.29, 0.717) is 6.61 Å². The highest BCUT2D eigenvalue weighted by Crippen LogP contribution is 2.34. The summed E-state index contributed by atoms with van der Waals surface area (Å²) >= 11 is 0. The van der Waals surface area contributed by atoms with Gasteiger partial charge in [0, 0.05) is 5.41 Å². The van der Waals surface area contributed by atoms with Crippen LogP contribution in [-0.4, -0.2) is 22.8 Å². The van der Waals surface area contributed by atoms with Crippen LogP contribution in [0.1, 0.15) is 40.9 Å². The molecule has 0 saturated heterocycles. The molecule has 0 radical (unpaired) electrons. The zero-order chi connectivity index (χ0) is 20.9. The van der Waals surface area contributed by atoms with E-state index in [-0.39, 0.29) is 11.3 Å². The Morgan fingerprint density at radius 3 is 2.28 bits per heavy atom. The molecule has 3 aromatic rings. The molecule has 0 amide bonds. The van der Waals surface area contributed by atoms with Gasteiger partial charge in [-0.15, -0.1) is 0 Å². The lowest BCUT2D eigenvalue weighted by molar-refractivity contribution is 0.0693. The number of carbonyl (C=O) groups is 1. The van der Waals surface area contributed by atoms with E-state index in [2.05, 4.69) is 0 Å². The van der Waals surface area contributed by atoms with Crippen molar-refractivity contribution in [2.75, 3.05) is 6.61 Å². The second kappa shape index (κ2) is 8.65. The maximum Gasteiger partial charge on any atom is 0.339 e. The van der Waals surface area contributed by atoms with Crippen LogP contribution < -0.4 is 4.74 Å². The standard InChI is InChI=1S/C25H24O4/c1-25(2,20-12-15-23(26)22(17-20)24(27)28)19-10-13-21(14-11-19)29-16-6-9-18-7-4-3-5-8-18/h3-15,17,26H,16H2,1-2H3,(H,27,28)/b9-6+. The van der Waals surface area contributed by atoms with Gasteiger partial charge in [0.25, 0.3) is 0 Å². The Morgan fingerprint density at radius 2 is 1.62 bits per heavy atom. The fraction of sp³-hybridized carbons (Fsp3) is 0.160. The van der Waals surface area contributed by atoms with Crippen molar-refractivity contribution >= 4 is 12.0 Å². The lowest BCUT2D eigenvalue weighted by Crippen LogP contribution is -2.19. The summed E-state index contributed by atoms with van der Waals surface area (Å²) in [5.74, 6) is -0.615. The van der Waals surface area contributed by atoms with Gasteiger partial charge < -0.3 is 14.9 Å². The third-order valence-corrected chi connectivity index (χ3v) is 4.98. The van der Waals surface area contributed by atoms with Crippen LogP contribution in [0.15, 0.2) is 78.9 Å². The molecular formula is C25H24O4. The fourth-order valence-corrected chi connectivity index (χ4v) is 3.12. The average molecular weight is 388 g/mol. The number of carboxylic acid groups (broad SMARTS) is 1. The van der Waals surface area contributed by atoms with E-state index < -0.39 is 11.4 Å².